The summed E-state index contributed by atoms with van der Waals surface area (Å²) in [5, 5.41) is 4.81. The Morgan fingerprint density at radius 3 is 2.45 bits per heavy atom. The summed E-state index contributed by atoms with van der Waals surface area (Å²) >= 11 is 5.86. The Hall–Kier alpha value is -0.350. The molecule has 3 atom stereocenters. The first-order valence-corrected chi connectivity index (χ1v) is 9.69. The lowest BCUT2D eigenvalue weighted by Crippen LogP contribution is -2.53. The number of thiocarbonyl (C=S) groups is 1. The number of piperidine rings is 1. The van der Waals surface area contributed by atoms with Crippen molar-refractivity contribution >= 4 is 17.3 Å². The second kappa shape index (κ2) is 7.04. The zero-order valence-electron chi connectivity index (χ0n) is 14.6. The number of likely N-dealkylation sites (tertiary alicyclic amines) is 1. The molecule has 0 aromatic carbocycles. The highest BCUT2D eigenvalue weighted by atomic mass is 32.1. The van der Waals surface area contributed by atoms with Crippen LogP contribution in [0.3, 0.4) is 0 Å². The lowest BCUT2D eigenvalue weighted by atomic mass is 9.95. The van der Waals surface area contributed by atoms with E-state index < -0.39 is 0 Å². The molecule has 3 rings (SSSR count). The van der Waals surface area contributed by atoms with Gasteiger partial charge in [0.05, 0.1) is 0 Å². The maximum absolute atomic E-state index is 5.86. The molecule has 3 aliphatic rings. The highest BCUT2D eigenvalue weighted by Crippen LogP contribution is 2.44. The molecule has 0 aromatic heterocycles. The maximum Gasteiger partial charge on any atom is 0.169 e. The van der Waals surface area contributed by atoms with Gasteiger partial charge in [-0.15, -0.1) is 0 Å². The van der Waals surface area contributed by atoms with Crippen molar-refractivity contribution in [2.45, 2.75) is 64.5 Å². The smallest absolute Gasteiger partial charge is 0.169 e. The molecule has 0 radical (unpaired) electrons. The van der Waals surface area contributed by atoms with Crippen LogP contribution >= 0.6 is 12.2 Å². The van der Waals surface area contributed by atoms with Crippen molar-refractivity contribution < 1.29 is 0 Å². The molecule has 2 bridgehead atoms. The minimum absolute atomic E-state index is 0.636. The average molecular weight is 324 g/mol. The Morgan fingerprint density at radius 2 is 1.91 bits per heavy atom. The van der Waals surface area contributed by atoms with Gasteiger partial charge in [0.15, 0.2) is 5.11 Å². The van der Waals surface area contributed by atoms with Crippen LogP contribution in [0.2, 0.25) is 0 Å². The molecule has 1 N–H and O–H groups in total. The van der Waals surface area contributed by atoms with E-state index in [-0.39, 0.29) is 0 Å². The topological polar surface area (TPSA) is 18.5 Å². The van der Waals surface area contributed by atoms with Gasteiger partial charge in [0.25, 0.3) is 0 Å². The molecule has 2 aliphatic carbocycles. The van der Waals surface area contributed by atoms with Gasteiger partial charge in [-0.1, -0.05) is 20.3 Å². The highest BCUT2D eigenvalue weighted by molar-refractivity contribution is 7.80. The van der Waals surface area contributed by atoms with Crippen molar-refractivity contribution in [3.05, 3.63) is 0 Å². The molecule has 126 valence electrons. The molecular formula is C18H33N3S. The molecule has 0 unspecified atom stereocenters. The summed E-state index contributed by atoms with van der Waals surface area (Å²) < 4.78 is 0. The minimum atomic E-state index is 0.636. The lowest BCUT2D eigenvalue weighted by molar-refractivity contribution is 0.164. The first kappa shape index (κ1) is 16.5. The zero-order chi connectivity index (χ0) is 15.7. The highest BCUT2D eigenvalue weighted by Gasteiger charge is 2.40. The number of hydrogen-bond acceptors (Lipinski definition) is 2. The summed E-state index contributed by atoms with van der Waals surface area (Å²) in [4.78, 5) is 4.97. The van der Waals surface area contributed by atoms with E-state index in [4.69, 9.17) is 12.2 Å². The van der Waals surface area contributed by atoms with Crippen LogP contribution in [0.15, 0.2) is 0 Å². The van der Waals surface area contributed by atoms with Gasteiger partial charge in [-0.3, -0.25) is 0 Å². The molecule has 0 aromatic rings. The fourth-order valence-corrected chi connectivity index (χ4v) is 5.14. The normalized spacial score (nSPS) is 32.6. The predicted molar refractivity (Wildman–Crippen MR) is 97.0 cm³/mol. The van der Waals surface area contributed by atoms with Crippen LogP contribution in [-0.2, 0) is 0 Å². The van der Waals surface area contributed by atoms with Crippen LogP contribution in [0, 0.1) is 17.8 Å². The fourth-order valence-electron chi connectivity index (χ4n) is 4.76. The van der Waals surface area contributed by atoms with Crippen LogP contribution in [0.4, 0.5) is 0 Å². The van der Waals surface area contributed by atoms with Crippen LogP contribution < -0.4 is 5.32 Å². The van der Waals surface area contributed by atoms with Gasteiger partial charge in [0, 0.05) is 18.6 Å². The van der Waals surface area contributed by atoms with E-state index in [1.54, 1.807) is 0 Å². The van der Waals surface area contributed by atoms with Gasteiger partial charge < -0.3 is 15.1 Å². The standard InChI is InChI=1S/C18H33N3S/c1-13(2)12-21(16-6-8-20(3)9-7-16)18(22)19-17-11-14-4-5-15(17)10-14/h13-17H,4-12H2,1-3H3,(H,19,22)/t14-,15-,17-/m0/s1. The van der Waals surface area contributed by atoms with E-state index in [2.05, 4.69) is 36.0 Å². The Labute approximate surface area is 141 Å². The molecule has 0 amide bonds. The number of fused-ring (bicyclic) bond motifs is 2. The predicted octanol–water partition coefficient (Wildman–Crippen LogP) is 3.10. The van der Waals surface area contributed by atoms with Gasteiger partial charge >= 0.3 is 0 Å². The lowest BCUT2D eigenvalue weighted by Gasteiger charge is -2.41. The van der Waals surface area contributed by atoms with Gasteiger partial charge in [-0.25, -0.2) is 0 Å². The van der Waals surface area contributed by atoms with Crippen LogP contribution in [0.25, 0.3) is 0 Å². The van der Waals surface area contributed by atoms with Gasteiger partial charge in [0.2, 0.25) is 0 Å². The van der Waals surface area contributed by atoms with Crippen molar-refractivity contribution in [3.8, 4) is 0 Å². The molecule has 3 fully saturated rings. The Kier molecular flexibility index (Phi) is 5.28. The van der Waals surface area contributed by atoms with Gasteiger partial charge in [-0.05, 0) is 82.2 Å². The second-order valence-electron chi connectivity index (χ2n) is 8.31. The van der Waals surface area contributed by atoms with E-state index in [1.165, 1.54) is 51.6 Å². The molecule has 2 saturated carbocycles. The Balaban J connectivity index is 1.59. The molecule has 3 nitrogen and oxygen atoms in total. The summed E-state index contributed by atoms with van der Waals surface area (Å²) in [6, 6.07) is 1.30. The van der Waals surface area contributed by atoms with Crippen molar-refractivity contribution in [1.29, 1.82) is 0 Å². The van der Waals surface area contributed by atoms with Crippen LogP contribution in [0.1, 0.15) is 52.4 Å². The van der Waals surface area contributed by atoms with E-state index in [1.807, 2.05) is 0 Å². The van der Waals surface area contributed by atoms with E-state index in [9.17, 15) is 0 Å². The molecule has 4 heteroatoms. The van der Waals surface area contributed by atoms with Crippen molar-refractivity contribution in [3.63, 3.8) is 0 Å². The van der Waals surface area contributed by atoms with Crippen LogP contribution in [0.5, 0.6) is 0 Å². The minimum Gasteiger partial charge on any atom is -0.360 e. The van der Waals surface area contributed by atoms with Crippen molar-refractivity contribution in [2.75, 3.05) is 26.7 Å². The summed E-state index contributed by atoms with van der Waals surface area (Å²) in [6.45, 7) is 8.12. The Morgan fingerprint density at radius 1 is 1.18 bits per heavy atom. The third-order valence-corrected chi connectivity index (χ3v) is 6.35. The van der Waals surface area contributed by atoms with Crippen molar-refractivity contribution in [1.82, 2.24) is 15.1 Å². The molecule has 22 heavy (non-hydrogen) atoms. The summed E-state index contributed by atoms with van der Waals surface area (Å²) in [5.74, 6) is 2.54. The SMILES string of the molecule is CC(C)CN(C(=S)N[C@H]1C[C@H]2CC[C@H]1C2)C1CCN(C)CC1. The fraction of sp³-hybridized carbons (Fsp3) is 0.944. The summed E-state index contributed by atoms with van der Waals surface area (Å²) in [5.41, 5.74) is 0. The van der Waals surface area contributed by atoms with E-state index in [0.717, 1.165) is 23.5 Å². The summed E-state index contributed by atoms with van der Waals surface area (Å²) in [7, 11) is 2.23. The van der Waals surface area contributed by atoms with Gasteiger partial charge in [0.1, 0.15) is 0 Å². The molecule has 1 heterocycles. The van der Waals surface area contributed by atoms with Crippen LogP contribution in [-0.4, -0.2) is 53.7 Å². The second-order valence-corrected chi connectivity index (χ2v) is 8.70. The summed E-state index contributed by atoms with van der Waals surface area (Å²) in [6.07, 6.45) is 8.18. The molecule has 0 spiro atoms. The number of hydrogen-bond donors (Lipinski definition) is 1. The van der Waals surface area contributed by atoms with E-state index in [0.29, 0.717) is 18.0 Å². The first-order valence-electron chi connectivity index (χ1n) is 9.28. The quantitative estimate of drug-likeness (QED) is 0.801. The molecule has 1 aliphatic heterocycles. The van der Waals surface area contributed by atoms with Gasteiger partial charge in [-0.2, -0.15) is 0 Å². The van der Waals surface area contributed by atoms with E-state index >= 15 is 0 Å². The van der Waals surface area contributed by atoms with Crippen molar-refractivity contribution in [2.24, 2.45) is 17.8 Å². The molecular weight excluding hydrogens is 290 g/mol. The third-order valence-electron chi connectivity index (χ3n) is 6.00. The third kappa shape index (κ3) is 3.76. The zero-order valence-corrected chi connectivity index (χ0v) is 15.4. The average Bonchev–Trinajstić information content (AvgIpc) is 3.08. The largest absolute Gasteiger partial charge is 0.360 e. The maximum atomic E-state index is 5.86. The number of nitrogens with one attached hydrogen (secondary N) is 1. The monoisotopic (exact) mass is 323 g/mol. The number of nitrogens with zero attached hydrogens (tertiary/aromatic N) is 2. The molecule has 1 saturated heterocycles. The Bertz CT molecular complexity index is 390. The first-order chi connectivity index (χ1) is 10.5. The number of rotatable bonds is 4.